The number of ether oxygens (including phenoxy) is 3. The number of nitrogens with one attached hydrogen (secondary N) is 1. The van der Waals surface area contributed by atoms with Crippen molar-refractivity contribution < 1.29 is 24.1 Å². The van der Waals surface area contributed by atoms with E-state index in [0.717, 1.165) is 62.3 Å². The fourth-order valence-electron chi connectivity index (χ4n) is 4.22. The first kappa shape index (κ1) is 26.8. The zero-order valence-corrected chi connectivity index (χ0v) is 21.1. The number of unbranched alkanes of at least 4 members (excludes halogenated alkanes) is 2. The van der Waals surface area contributed by atoms with Crippen molar-refractivity contribution in [3.05, 3.63) is 54.1 Å². The van der Waals surface area contributed by atoms with E-state index in [0.29, 0.717) is 18.9 Å². The largest absolute Gasteiger partial charge is 0.497 e. The predicted octanol–water partition coefficient (Wildman–Crippen LogP) is 4.35. The molecular weight excluding hydrogens is 444 g/mol. The van der Waals surface area contributed by atoms with Gasteiger partial charge in [0.05, 0.1) is 32.8 Å². The minimum atomic E-state index is -0.809. The highest BCUT2D eigenvalue weighted by Gasteiger charge is 2.26. The number of carbonyl (C=O) groups is 1. The van der Waals surface area contributed by atoms with E-state index in [9.17, 15) is 9.90 Å². The van der Waals surface area contributed by atoms with Gasteiger partial charge < -0.3 is 29.5 Å². The molecule has 2 aromatic carbocycles. The Morgan fingerprint density at radius 2 is 1.54 bits per heavy atom. The van der Waals surface area contributed by atoms with Crippen LogP contribution in [0.5, 0.6) is 17.2 Å². The van der Waals surface area contributed by atoms with Crippen LogP contribution in [0.3, 0.4) is 0 Å². The Morgan fingerprint density at radius 3 is 2.17 bits per heavy atom. The summed E-state index contributed by atoms with van der Waals surface area (Å²) in [5, 5.41) is 14.2. The van der Waals surface area contributed by atoms with Crippen molar-refractivity contribution in [3.63, 3.8) is 0 Å². The first-order valence-electron chi connectivity index (χ1n) is 12.8. The molecule has 2 N–H and O–H groups in total. The second kappa shape index (κ2) is 14.6. The van der Waals surface area contributed by atoms with E-state index in [1.54, 1.807) is 7.11 Å². The number of amides is 1. The number of likely N-dealkylation sites (tertiary alicyclic amines) is 1. The highest BCUT2D eigenvalue weighted by molar-refractivity contribution is 5.76. The Labute approximate surface area is 209 Å². The van der Waals surface area contributed by atoms with Crippen LogP contribution in [0.25, 0.3) is 0 Å². The second-order valence-corrected chi connectivity index (χ2v) is 9.03. The molecule has 0 aromatic heterocycles. The molecule has 0 aliphatic carbocycles. The minimum Gasteiger partial charge on any atom is -0.497 e. The average molecular weight is 485 g/mol. The van der Waals surface area contributed by atoms with E-state index in [-0.39, 0.29) is 18.9 Å². The monoisotopic (exact) mass is 484 g/mol. The van der Waals surface area contributed by atoms with E-state index >= 15 is 0 Å². The Balaban J connectivity index is 1.53. The van der Waals surface area contributed by atoms with Crippen LogP contribution >= 0.6 is 0 Å². The molecule has 2 aromatic rings. The van der Waals surface area contributed by atoms with Crippen molar-refractivity contribution in [2.45, 2.75) is 57.6 Å². The van der Waals surface area contributed by atoms with Crippen LogP contribution in [-0.2, 0) is 4.79 Å². The molecule has 1 fully saturated rings. The molecule has 0 bridgehead atoms. The molecule has 1 aliphatic heterocycles. The smallest absolute Gasteiger partial charge is 0.223 e. The molecule has 1 saturated heterocycles. The maximum absolute atomic E-state index is 12.7. The van der Waals surface area contributed by atoms with Gasteiger partial charge in [0.2, 0.25) is 5.91 Å². The Morgan fingerprint density at radius 1 is 0.943 bits per heavy atom. The van der Waals surface area contributed by atoms with E-state index < -0.39 is 12.1 Å². The van der Waals surface area contributed by atoms with Gasteiger partial charge in [0, 0.05) is 6.54 Å². The summed E-state index contributed by atoms with van der Waals surface area (Å²) in [6.45, 7) is 5.72. The Kier molecular flexibility index (Phi) is 11.2. The topological polar surface area (TPSA) is 80.3 Å². The lowest BCUT2D eigenvalue weighted by Crippen LogP contribution is -2.47. The maximum Gasteiger partial charge on any atom is 0.223 e. The molecule has 2 atom stereocenters. The van der Waals surface area contributed by atoms with Crippen molar-refractivity contribution >= 4 is 5.91 Å². The molecule has 1 aliphatic rings. The van der Waals surface area contributed by atoms with Gasteiger partial charge in [-0.1, -0.05) is 31.9 Å². The molecule has 7 heteroatoms. The maximum atomic E-state index is 12.7. The minimum absolute atomic E-state index is 0.141. The standard InChI is InChI=1S/C28H40N2O5/c1-3-4-7-19-34-24-10-8-22(9-11-24)28(32)26(21-30-17-5-6-18-30)29-27(31)16-20-35-25-14-12-23(33-2)13-15-25/h8-15,26,28,32H,3-7,16-21H2,1-2H3,(H,29,31)/t26-,28-/m1/s1. The third kappa shape index (κ3) is 9.07. The zero-order chi connectivity index (χ0) is 24.9. The van der Waals surface area contributed by atoms with Gasteiger partial charge in [-0.15, -0.1) is 0 Å². The molecule has 1 amide bonds. The van der Waals surface area contributed by atoms with E-state index in [1.165, 1.54) is 0 Å². The van der Waals surface area contributed by atoms with Crippen LogP contribution in [-0.4, -0.2) is 61.9 Å². The highest BCUT2D eigenvalue weighted by Crippen LogP contribution is 2.23. The van der Waals surface area contributed by atoms with Gasteiger partial charge in [-0.3, -0.25) is 4.79 Å². The van der Waals surface area contributed by atoms with E-state index in [4.69, 9.17) is 14.2 Å². The first-order valence-corrected chi connectivity index (χ1v) is 12.8. The fourth-order valence-corrected chi connectivity index (χ4v) is 4.22. The fraction of sp³-hybridized carbons (Fsp3) is 0.536. The number of nitrogens with zero attached hydrogens (tertiary/aromatic N) is 1. The van der Waals surface area contributed by atoms with Gasteiger partial charge in [-0.2, -0.15) is 0 Å². The van der Waals surface area contributed by atoms with Crippen molar-refractivity contribution in [2.24, 2.45) is 0 Å². The van der Waals surface area contributed by atoms with Gasteiger partial charge >= 0.3 is 0 Å². The lowest BCUT2D eigenvalue weighted by Gasteiger charge is -2.29. The molecule has 1 heterocycles. The highest BCUT2D eigenvalue weighted by atomic mass is 16.5. The quantitative estimate of drug-likeness (QED) is 0.366. The van der Waals surface area contributed by atoms with Crippen LogP contribution in [0.1, 0.15) is 57.1 Å². The molecule has 3 rings (SSSR count). The normalized spacial score (nSPS) is 15.4. The molecule has 35 heavy (non-hydrogen) atoms. The van der Waals surface area contributed by atoms with Gasteiger partial charge in [-0.05, 0) is 74.3 Å². The van der Waals surface area contributed by atoms with E-state index in [1.807, 2.05) is 48.5 Å². The van der Waals surface area contributed by atoms with Crippen LogP contribution in [0.15, 0.2) is 48.5 Å². The number of benzene rings is 2. The van der Waals surface area contributed by atoms with Gasteiger partial charge in [0.1, 0.15) is 23.4 Å². The van der Waals surface area contributed by atoms with Crippen molar-refractivity contribution in [2.75, 3.05) is 40.0 Å². The number of rotatable bonds is 15. The Hall–Kier alpha value is -2.77. The third-order valence-electron chi connectivity index (χ3n) is 6.28. The van der Waals surface area contributed by atoms with E-state index in [2.05, 4.69) is 17.1 Å². The number of hydrogen-bond donors (Lipinski definition) is 2. The molecule has 0 radical (unpaired) electrons. The van der Waals surface area contributed by atoms with Crippen molar-refractivity contribution in [3.8, 4) is 17.2 Å². The molecule has 7 nitrogen and oxygen atoms in total. The number of hydrogen-bond acceptors (Lipinski definition) is 6. The van der Waals surface area contributed by atoms with Gasteiger partial charge in [0.25, 0.3) is 0 Å². The summed E-state index contributed by atoms with van der Waals surface area (Å²) < 4.78 is 16.6. The van der Waals surface area contributed by atoms with Crippen LogP contribution in [0, 0.1) is 0 Å². The number of carbonyl (C=O) groups excluding carboxylic acids is 1. The summed E-state index contributed by atoms with van der Waals surface area (Å²) in [5.41, 5.74) is 0.768. The number of methoxy groups -OCH3 is 1. The number of aliphatic hydroxyl groups is 1. The van der Waals surface area contributed by atoms with Crippen LogP contribution < -0.4 is 19.5 Å². The molecule has 0 spiro atoms. The predicted molar refractivity (Wildman–Crippen MR) is 137 cm³/mol. The van der Waals surface area contributed by atoms with Gasteiger partial charge in [-0.25, -0.2) is 0 Å². The van der Waals surface area contributed by atoms with Crippen molar-refractivity contribution in [1.29, 1.82) is 0 Å². The summed E-state index contributed by atoms with van der Waals surface area (Å²) in [7, 11) is 1.62. The summed E-state index contributed by atoms with van der Waals surface area (Å²) >= 11 is 0. The van der Waals surface area contributed by atoms with Crippen molar-refractivity contribution in [1.82, 2.24) is 10.2 Å². The second-order valence-electron chi connectivity index (χ2n) is 9.03. The molecule has 0 saturated carbocycles. The molecule has 0 unspecified atom stereocenters. The summed E-state index contributed by atoms with van der Waals surface area (Å²) in [6.07, 6.45) is 5.04. The zero-order valence-electron chi connectivity index (χ0n) is 21.1. The SMILES string of the molecule is CCCCCOc1ccc([C@@H](O)[C@@H](CN2CCCC2)NC(=O)CCOc2ccc(OC)cc2)cc1. The van der Waals surface area contributed by atoms with Crippen LogP contribution in [0.2, 0.25) is 0 Å². The summed E-state index contributed by atoms with van der Waals surface area (Å²) in [4.78, 5) is 15.0. The van der Waals surface area contributed by atoms with Crippen LogP contribution in [0.4, 0.5) is 0 Å². The number of aliphatic hydroxyl groups excluding tert-OH is 1. The third-order valence-corrected chi connectivity index (χ3v) is 6.28. The lowest BCUT2D eigenvalue weighted by molar-refractivity contribution is -0.123. The molecular formula is C28H40N2O5. The first-order chi connectivity index (χ1) is 17.1. The molecule has 192 valence electrons. The lowest BCUT2D eigenvalue weighted by atomic mass is 10.0. The Bertz CT molecular complexity index is 866. The summed E-state index contributed by atoms with van der Waals surface area (Å²) in [5.74, 6) is 2.10. The average Bonchev–Trinajstić information content (AvgIpc) is 3.40. The summed E-state index contributed by atoms with van der Waals surface area (Å²) in [6, 6.07) is 14.4. The van der Waals surface area contributed by atoms with Gasteiger partial charge in [0.15, 0.2) is 0 Å².